The van der Waals surface area contributed by atoms with Gasteiger partial charge >= 0.3 is 0 Å². The maximum absolute atomic E-state index is 11.6. The van der Waals surface area contributed by atoms with Crippen molar-refractivity contribution < 1.29 is 9.59 Å². The van der Waals surface area contributed by atoms with Crippen molar-refractivity contribution in [1.29, 1.82) is 0 Å². The summed E-state index contributed by atoms with van der Waals surface area (Å²) < 4.78 is 0. The summed E-state index contributed by atoms with van der Waals surface area (Å²) in [6, 6.07) is 5.58. The summed E-state index contributed by atoms with van der Waals surface area (Å²) in [4.78, 5) is 23.1. The summed E-state index contributed by atoms with van der Waals surface area (Å²) in [5.41, 5.74) is 8.58. The molecule has 1 aliphatic carbocycles. The van der Waals surface area contributed by atoms with Crippen LogP contribution in [0.3, 0.4) is 0 Å². The molecular formula is C15H19N3O2. The second kappa shape index (κ2) is 4.90. The van der Waals surface area contributed by atoms with Crippen LogP contribution in [-0.2, 0) is 9.59 Å². The van der Waals surface area contributed by atoms with Crippen LogP contribution in [0.2, 0.25) is 0 Å². The molecule has 1 aliphatic heterocycles. The van der Waals surface area contributed by atoms with Crippen molar-refractivity contribution >= 4 is 23.2 Å². The Morgan fingerprint density at radius 3 is 2.45 bits per heavy atom. The first-order chi connectivity index (χ1) is 9.54. The average molecular weight is 273 g/mol. The fourth-order valence-corrected chi connectivity index (χ4v) is 2.74. The van der Waals surface area contributed by atoms with Crippen molar-refractivity contribution in [3.05, 3.63) is 23.8 Å². The third-order valence-corrected chi connectivity index (χ3v) is 4.23. The van der Waals surface area contributed by atoms with Gasteiger partial charge in [0.2, 0.25) is 11.8 Å². The van der Waals surface area contributed by atoms with Crippen molar-refractivity contribution in [2.75, 3.05) is 10.6 Å². The lowest BCUT2D eigenvalue weighted by molar-refractivity contribution is -0.123. The molecular weight excluding hydrogens is 254 g/mol. The van der Waals surface area contributed by atoms with Gasteiger partial charge in [0.05, 0.1) is 11.4 Å². The van der Waals surface area contributed by atoms with E-state index in [1.54, 1.807) is 0 Å². The topological polar surface area (TPSA) is 84.2 Å². The Morgan fingerprint density at radius 2 is 1.80 bits per heavy atom. The van der Waals surface area contributed by atoms with E-state index in [4.69, 9.17) is 5.73 Å². The Morgan fingerprint density at radius 1 is 1.15 bits per heavy atom. The molecule has 0 aromatic heterocycles. The number of hydrogen-bond acceptors (Lipinski definition) is 3. The fraction of sp³-hybridized carbons (Fsp3) is 0.467. The van der Waals surface area contributed by atoms with E-state index in [-0.39, 0.29) is 24.3 Å². The molecule has 1 heterocycles. The SMILES string of the molecule is CC(C1CC1)C(N)c1ccc2c(c1)NC(=O)CC(=O)N2. The number of nitrogens with two attached hydrogens (primary N) is 1. The predicted molar refractivity (Wildman–Crippen MR) is 77.1 cm³/mol. The van der Waals surface area contributed by atoms with E-state index >= 15 is 0 Å². The smallest absolute Gasteiger partial charge is 0.233 e. The number of nitrogens with one attached hydrogen (secondary N) is 2. The monoisotopic (exact) mass is 273 g/mol. The predicted octanol–water partition coefficient (Wildman–Crippen LogP) is 2.01. The van der Waals surface area contributed by atoms with Crippen LogP contribution in [-0.4, -0.2) is 11.8 Å². The molecule has 0 radical (unpaired) electrons. The van der Waals surface area contributed by atoms with Gasteiger partial charge in [0.25, 0.3) is 0 Å². The summed E-state index contributed by atoms with van der Waals surface area (Å²) in [5.74, 6) is 0.578. The quantitative estimate of drug-likeness (QED) is 0.736. The van der Waals surface area contributed by atoms with Gasteiger partial charge in [-0.3, -0.25) is 9.59 Å². The molecule has 5 heteroatoms. The largest absolute Gasteiger partial charge is 0.324 e. The summed E-state index contributed by atoms with van der Waals surface area (Å²) in [6.45, 7) is 2.17. The van der Waals surface area contributed by atoms with Crippen LogP contribution in [0.15, 0.2) is 18.2 Å². The van der Waals surface area contributed by atoms with Crippen LogP contribution in [0.4, 0.5) is 11.4 Å². The molecule has 0 bridgehead atoms. The number of rotatable bonds is 3. The molecule has 2 amide bonds. The first-order valence-electron chi connectivity index (χ1n) is 7.04. The zero-order valence-corrected chi connectivity index (χ0v) is 11.5. The first kappa shape index (κ1) is 13.1. The van der Waals surface area contributed by atoms with Gasteiger partial charge in [0, 0.05) is 6.04 Å². The molecule has 1 aromatic carbocycles. The number of amides is 2. The molecule has 2 unspecified atom stereocenters. The standard InChI is InChI=1S/C15H19N3O2/c1-8(9-2-3-9)15(16)10-4-5-11-12(6-10)18-14(20)7-13(19)17-11/h4-6,8-9,15H,2-3,7,16H2,1H3,(H,17,19)(H,18,20). The van der Waals surface area contributed by atoms with Gasteiger partial charge in [-0.25, -0.2) is 0 Å². The Hall–Kier alpha value is -1.88. The van der Waals surface area contributed by atoms with Crippen LogP contribution in [0.5, 0.6) is 0 Å². The van der Waals surface area contributed by atoms with Gasteiger partial charge in [-0.2, -0.15) is 0 Å². The Balaban J connectivity index is 1.88. The molecule has 20 heavy (non-hydrogen) atoms. The van der Waals surface area contributed by atoms with Gasteiger partial charge in [-0.15, -0.1) is 0 Å². The van der Waals surface area contributed by atoms with E-state index < -0.39 is 0 Å². The highest BCUT2D eigenvalue weighted by molar-refractivity contribution is 6.13. The third kappa shape index (κ3) is 2.54. The van der Waals surface area contributed by atoms with Crippen molar-refractivity contribution in [3.8, 4) is 0 Å². The van der Waals surface area contributed by atoms with Crippen LogP contribution in [0.25, 0.3) is 0 Å². The molecule has 1 saturated carbocycles. The molecule has 0 spiro atoms. The normalized spacial score (nSPS) is 21.3. The number of carbonyl (C=O) groups excluding carboxylic acids is 2. The van der Waals surface area contributed by atoms with Gasteiger partial charge in [0.1, 0.15) is 6.42 Å². The molecule has 0 saturated heterocycles. The van der Waals surface area contributed by atoms with Crippen LogP contribution >= 0.6 is 0 Å². The Bertz CT molecular complexity index is 566. The van der Waals surface area contributed by atoms with Crippen molar-refractivity contribution in [2.45, 2.75) is 32.2 Å². The zero-order valence-electron chi connectivity index (χ0n) is 11.5. The van der Waals surface area contributed by atoms with Gasteiger partial charge in [-0.1, -0.05) is 13.0 Å². The zero-order chi connectivity index (χ0) is 14.3. The summed E-state index contributed by atoms with van der Waals surface area (Å²) in [6.07, 6.45) is 2.37. The Kier molecular flexibility index (Phi) is 3.22. The molecule has 1 aromatic rings. The molecule has 5 nitrogen and oxygen atoms in total. The lowest BCUT2D eigenvalue weighted by Crippen LogP contribution is -2.21. The molecule has 106 valence electrons. The minimum Gasteiger partial charge on any atom is -0.324 e. The Labute approximate surface area is 117 Å². The van der Waals surface area contributed by atoms with E-state index in [0.717, 1.165) is 11.5 Å². The van der Waals surface area contributed by atoms with E-state index in [1.165, 1.54) is 12.8 Å². The molecule has 1 fully saturated rings. The van der Waals surface area contributed by atoms with E-state index in [2.05, 4.69) is 17.6 Å². The molecule has 3 rings (SSSR count). The van der Waals surface area contributed by atoms with E-state index in [9.17, 15) is 9.59 Å². The van der Waals surface area contributed by atoms with Crippen molar-refractivity contribution in [3.63, 3.8) is 0 Å². The van der Waals surface area contributed by atoms with E-state index in [1.807, 2.05) is 18.2 Å². The lowest BCUT2D eigenvalue weighted by atomic mass is 9.91. The van der Waals surface area contributed by atoms with Gasteiger partial charge in [-0.05, 0) is 42.4 Å². The van der Waals surface area contributed by atoms with Crippen LogP contribution in [0, 0.1) is 11.8 Å². The number of anilines is 2. The number of benzene rings is 1. The van der Waals surface area contributed by atoms with Crippen LogP contribution in [0.1, 0.15) is 37.8 Å². The highest BCUT2D eigenvalue weighted by atomic mass is 16.2. The van der Waals surface area contributed by atoms with Gasteiger partial charge in [0.15, 0.2) is 0 Å². The lowest BCUT2D eigenvalue weighted by Gasteiger charge is -2.21. The van der Waals surface area contributed by atoms with Crippen molar-refractivity contribution in [2.24, 2.45) is 17.6 Å². The minimum atomic E-state index is -0.290. The molecule has 2 atom stereocenters. The molecule has 2 aliphatic rings. The second-order valence-electron chi connectivity index (χ2n) is 5.80. The van der Waals surface area contributed by atoms with Crippen molar-refractivity contribution in [1.82, 2.24) is 0 Å². The van der Waals surface area contributed by atoms with Crippen LogP contribution < -0.4 is 16.4 Å². The van der Waals surface area contributed by atoms with E-state index in [0.29, 0.717) is 17.3 Å². The highest BCUT2D eigenvalue weighted by Crippen LogP contribution is 2.42. The summed E-state index contributed by atoms with van der Waals surface area (Å²) in [7, 11) is 0. The third-order valence-electron chi connectivity index (χ3n) is 4.23. The second-order valence-corrected chi connectivity index (χ2v) is 5.80. The average Bonchev–Trinajstić information content (AvgIpc) is 3.22. The molecule has 4 N–H and O–H groups in total. The summed E-state index contributed by atoms with van der Waals surface area (Å²) >= 11 is 0. The van der Waals surface area contributed by atoms with Gasteiger partial charge < -0.3 is 16.4 Å². The minimum absolute atomic E-state index is 0.0383. The number of fused-ring (bicyclic) bond motifs is 1. The maximum Gasteiger partial charge on any atom is 0.233 e. The number of carbonyl (C=O) groups is 2. The fourth-order valence-electron chi connectivity index (χ4n) is 2.74. The summed E-state index contributed by atoms with van der Waals surface area (Å²) in [5, 5.41) is 5.47. The highest BCUT2D eigenvalue weighted by Gasteiger charge is 2.32. The number of hydrogen-bond donors (Lipinski definition) is 3. The maximum atomic E-state index is 11.6. The first-order valence-corrected chi connectivity index (χ1v) is 7.04.